The van der Waals surface area contributed by atoms with Crippen LogP contribution in [0.1, 0.15) is 49.7 Å². The number of hydrogen-bond donors (Lipinski definition) is 2. The van der Waals surface area contributed by atoms with E-state index in [1.807, 2.05) is 36.4 Å². The fourth-order valence-electron chi connectivity index (χ4n) is 6.79. The molecule has 1 amide bonds. The topological polar surface area (TPSA) is 89.6 Å². The van der Waals surface area contributed by atoms with E-state index in [1.165, 1.54) is 44.1 Å². The molecule has 6 rings (SSSR count). The molecule has 166 valence electrons. The van der Waals surface area contributed by atoms with Crippen LogP contribution in [0.25, 0.3) is 17.2 Å². The van der Waals surface area contributed by atoms with Gasteiger partial charge < -0.3 is 15.6 Å². The predicted octanol–water partition coefficient (Wildman–Crippen LogP) is 4.78. The average Bonchev–Trinajstić information content (AvgIpc) is 2.75. The minimum atomic E-state index is -0.958. The summed E-state index contributed by atoms with van der Waals surface area (Å²) in [6.45, 7) is -0.108. The summed E-state index contributed by atoms with van der Waals surface area (Å²) in [6, 6.07) is 14.2. The van der Waals surface area contributed by atoms with Gasteiger partial charge in [-0.25, -0.2) is 4.79 Å². The Kier molecular flexibility index (Phi) is 5.28. The second kappa shape index (κ2) is 8.12. The summed E-state index contributed by atoms with van der Waals surface area (Å²) in [4.78, 5) is 22.2. The molecule has 4 saturated carbocycles. The SMILES string of the molecule is NC(=O)COc1ccc(-c2ccc(/C=C/C(=O)O)cc2)cc1C12CC3CC(CC(C3)C1)C2. The molecule has 0 atom stereocenters. The molecule has 32 heavy (non-hydrogen) atoms. The fourth-order valence-corrected chi connectivity index (χ4v) is 6.79. The molecular formula is C27H29NO4. The molecule has 4 bridgehead atoms. The average molecular weight is 432 g/mol. The molecule has 0 aromatic heterocycles. The molecule has 0 saturated heterocycles. The first-order chi connectivity index (χ1) is 15.4. The van der Waals surface area contributed by atoms with E-state index in [2.05, 4.69) is 6.07 Å². The van der Waals surface area contributed by atoms with Crippen LogP contribution in [-0.2, 0) is 15.0 Å². The summed E-state index contributed by atoms with van der Waals surface area (Å²) in [6.07, 6.45) is 10.4. The Morgan fingerprint density at radius 3 is 2.12 bits per heavy atom. The van der Waals surface area contributed by atoms with Gasteiger partial charge in [-0.2, -0.15) is 0 Å². The van der Waals surface area contributed by atoms with Gasteiger partial charge in [-0.3, -0.25) is 4.79 Å². The van der Waals surface area contributed by atoms with E-state index < -0.39 is 11.9 Å². The highest BCUT2D eigenvalue weighted by atomic mass is 16.5. The lowest BCUT2D eigenvalue weighted by atomic mass is 9.48. The second-order valence-corrected chi connectivity index (χ2v) is 9.96. The lowest BCUT2D eigenvalue weighted by Gasteiger charge is -2.57. The maximum atomic E-state index is 11.4. The van der Waals surface area contributed by atoms with Gasteiger partial charge in [0.15, 0.2) is 6.61 Å². The Morgan fingerprint density at radius 2 is 1.56 bits per heavy atom. The highest BCUT2D eigenvalue weighted by molar-refractivity contribution is 5.85. The number of primary amides is 1. The Hall–Kier alpha value is -3.08. The first-order valence-electron chi connectivity index (χ1n) is 11.5. The normalized spacial score (nSPS) is 28.2. The third kappa shape index (κ3) is 4.04. The van der Waals surface area contributed by atoms with Crippen molar-refractivity contribution >= 4 is 18.0 Å². The van der Waals surface area contributed by atoms with Crippen molar-refractivity contribution in [1.29, 1.82) is 0 Å². The predicted molar refractivity (Wildman–Crippen MR) is 123 cm³/mol. The van der Waals surface area contributed by atoms with E-state index in [0.29, 0.717) is 0 Å². The molecule has 0 aliphatic heterocycles. The summed E-state index contributed by atoms with van der Waals surface area (Å²) in [7, 11) is 0. The van der Waals surface area contributed by atoms with Gasteiger partial charge in [0, 0.05) is 11.6 Å². The summed E-state index contributed by atoms with van der Waals surface area (Å²) >= 11 is 0. The van der Waals surface area contributed by atoms with Crippen LogP contribution in [-0.4, -0.2) is 23.6 Å². The van der Waals surface area contributed by atoms with E-state index >= 15 is 0 Å². The van der Waals surface area contributed by atoms with E-state index in [4.69, 9.17) is 15.6 Å². The molecule has 0 heterocycles. The number of hydrogen-bond acceptors (Lipinski definition) is 3. The highest BCUT2D eigenvalue weighted by Gasteiger charge is 2.52. The Balaban J connectivity index is 1.51. The molecule has 4 aliphatic rings. The molecule has 0 spiro atoms. The number of carbonyl (C=O) groups excluding carboxylic acids is 1. The Bertz CT molecular complexity index is 1030. The van der Waals surface area contributed by atoms with Crippen molar-refractivity contribution in [2.45, 2.75) is 43.9 Å². The number of carbonyl (C=O) groups is 2. The standard InChI is InChI=1S/C27H29NO4/c28-25(29)16-32-24-7-6-22(21-4-1-17(2-5-21)3-8-26(30)31)12-23(24)27-13-18-9-19(14-27)11-20(10-18)15-27/h1-8,12,18-20H,9-11,13-16H2,(H2,28,29)(H,30,31)/b8-3+. The molecule has 0 radical (unpaired) electrons. The summed E-state index contributed by atoms with van der Waals surface area (Å²) in [5, 5.41) is 8.83. The smallest absolute Gasteiger partial charge is 0.328 e. The van der Waals surface area contributed by atoms with Crippen molar-refractivity contribution < 1.29 is 19.4 Å². The van der Waals surface area contributed by atoms with E-state index in [1.54, 1.807) is 6.08 Å². The van der Waals surface area contributed by atoms with Gasteiger partial charge in [-0.15, -0.1) is 0 Å². The van der Waals surface area contributed by atoms with Crippen molar-refractivity contribution in [3.05, 3.63) is 59.7 Å². The molecule has 4 aliphatic carbocycles. The van der Waals surface area contributed by atoms with Crippen LogP contribution >= 0.6 is 0 Å². The van der Waals surface area contributed by atoms with Crippen LogP contribution in [0.4, 0.5) is 0 Å². The lowest BCUT2D eigenvalue weighted by Crippen LogP contribution is -2.48. The summed E-state index contributed by atoms with van der Waals surface area (Å²) in [5.74, 6) is 1.77. The maximum Gasteiger partial charge on any atom is 0.328 e. The number of amides is 1. The van der Waals surface area contributed by atoms with Gasteiger partial charge in [-0.05, 0) is 96.6 Å². The van der Waals surface area contributed by atoms with Crippen LogP contribution < -0.4 is 10.5 Å². The Morgan fingerprint density at radius 1 is 0.969 bits per heavy atom. The molecule has 2 aromatic rings. The number of rotatable bonds is 7. The molecule has 0 unspecified atom stereocenters. The van der Waals surface area contributed by atoms with Gasteiger partial charge in [0.05, 0.1) is 0 Å². The minimum absolute atomic E-state index is 0.108. The van der Waals surface area contributed by atoms with Gasteiger partial charge in [0.2, 0.25) is 0 Å². The molecule has 2 aromatic carbocycles. The van der Waals surface area contributed by atoms with Crippen LogP contribution in [0.5, 0.6) is 5.75 Å². The van der Waals surface area contributed by atoms with Crippen LogP contribution in [0.2, 0.25) is 0 Å². The fraction of sp³-hybridized carbons (Fsp3) is 0.407. The number of benzene rings is 2. The minimum Gasteiger partial charge on any atom is -0.483 e. The third-order valence-electron chi connectivity index (χ3n) is 7.62. The van der Waals surface area contributed by atoms with Crippen molar-refractivity contribution in [3.63, 3.8) is 0 Å². The molecular weight excluding hydrogens is 402 g/mol. The molecule has 3 N–H and O–H groups in total. The largest absolute Gasteiger partial charge is 0.483 e. The first-order valence-corrected chi connectivity index (χ1v) is 11.5. The van der Waals surface area contributed by atoms with Crippen LogP contribution in [0.15, 0.2) is 48.5 Å². The Labute approximate surface area is 188 Å². The van der Waals surface area contributed by atoms with E-state index in [-0.39, 0.29) is 12.0 Å². The molecule has 5 heteroatoms. The summed E-state index contributed by atoms with van der Waals surface area (Å²) in [5.41, 5.74) is 9.75. The quantitative estimate of drug-likeness (QED) is 0.617. The number of aliphatic carboxylic acids is 1. The lowest BCUT2D eigenvalue weighted by molar-refractivity contribution is -0.131. The van der Waals surface area contributed by atoms with Crippen LogP contribution in [0, 0.1) is 17.8 Å². The van der Waals surface area contributed by atoms with Crippen molar-refractivity contribution in [1.82, 2.24) is 0 Å². The molecule has 5 nitrogen and oxygen atoms in total. The number of carboxylic acid groups (broad SMARTS) is 1. The number of nitrogens with two attached hydrogens (primary N) is 1. The number of ether oxygens (including phenoxy) is 1. The van der Waals surface area contributed by atoms with Crippen molar-refractivity contribution in [2.24, 2.45) is 23.5 Å². The summed E-state index contributed by atoms with van der Waals surface area (Å²) < 4.78 is 5.91. The molecule has 4 fully saturated rings. The monoisotopic (exact) mass is 431 g/mol. The first kappa shape index (κ1) is 20.8. The van der Waals surface area contributed by atoms with Crippen LogP contribution in [0.3, 0.4) is 0 Å². The zero-order valence-corrected chi connectivity index (χ0v) is 18.1. The van der Waals surface area contributed by atoms with Gasteiger partial charge >= 0.3 is 5.97 Å². The zero-order valence-electron chi connectivity index (χ0n) is 18.1. The van der Waals surface area contributed by atoms with E-state index in [9.17, 15) is 9.59 Å². The van der Waals surface area contributed by atoms with Crippen molar-refractivity contribution in [2.75, 3.05) is 6.61 Å². The van der Waals surface area contributed by atoms with Gasteiger partial charge in [0.1, 0.15) is 5.75 Å². The number of carboxylic acids is 1. The van der Waals surface area contributed by atoms with Gasteiger partial charge in [-0.1, -0.05) is 30.3 Å². The van der Waals surface area contributed by atoms with E-state index in [0.717, 1.165) is 46.3 Å². The van der Waals surface area contributed by atoms with Gasteiger partial charge in [0.25, 0.3) is 5.91 Å². The highest BCUT2D eigenvalue weighted by Crippen LogP contribution is 2.62. The zero-order chi connectivity index (χ0) is 22.3. The van der Waals surface area contributed by atoms with Crippen molar-refractivity contribution in [3.8, 4) is 16.9 Å². The maximum absolute atomic E-state index is 11.4. The third-order valence-corrected chi connectivity index (χ3v) is 7.62. The second-order valence-electron chi connectivity index (χ2n) is 9.96.